The van der Waals surface area contributed by atoms with E-state index in [0.29, 0.717) is 10.0 Å². The molecule has 0 unspecified atom stereocenters. The molecule has 104 valence electrons. The van der Waals surface area contributed by atoms with Gasteiger partial charge < -0.3 is 10.6 Å². The minimum absolute atomic E-state index is 0.410. The Morgan fingerprint density at radius 1 is 1.37 bits per heavy atom. The summed E-state index contributed by atoms with van der Waals surface area (Å²) in [7, 11) is 2.11. The first-order chi connectivity index (χ1) is 9.08. The van der Waals surface area contributed by atoms with Gasteiger partial charge in [0.05, 0.1) is 0 Å². The first-order valence-electron chi connectivity index (χ1n) is 6.88. The molecule has 2 N–H and O–H groups in total. The molecule has 0 atom stereocenters. The lowest BCUT2D eigenvalue weighted by Crippen LogP contribution is -2.28. The van der Waals surface area contributed by atoms with Gasteiger partial charge in [0, 0.05) is 29.9 Å². The maximum Gasteiger partial charge on any atom is 0.106 e. The molecule has 2 rings (SSSR count). The highest BCUT2D eigenvalue weighted by Gasteiger charge is 2.17. The molecule has 0 spiro atoms. The largest absolute Gasteiger partial charge is 0.389 e. The van der Waals surface area contributed by atoms with Crippen LogP contribution in [0.4, 0.5) is 5.69 Å². The fourth-order valence-electron chi connectivity index (χ4n) is 2.89. The van der Waals surface area contributed by atoms with Crippen molar-refractivity contribution in [3.8, 4) is 0 Å². The molecule has 0 radical (unpaired) electrons. The fraction of sp³-hybridized carbons (Fsp3) is 0.533. The third kappa shape index (κ3) is 3.83. The summed E-state index contributed by atoms with van der Waals surface area (Å²) in [4.78, 5) is 2.67. The van der Waals surface area contributed by atoms with Crippen molar-refractivity contribution in [3.05, 3.63) is 28.8 Å². The molecule has 0 aliphatic heterocycles. The number of hydrogen-bond acceptors (Lipinski definition) is 2. The van der Waals surface area contributed by atoms with Crippen molar-refractivity contribution < 1.29 is 0 Å². The molecule has 0 aromatic heterocycles. The molecular weight excluding hydrogens is 276 g/mol. The maximum absolute atomic E-state index is 6.02. The van der Waals surface area contributed by atoms with Crippen LogP contribution in [0, 0.1) is 5.92 Å². The number of nitrogens with two attached hydrogens (primary N) is 1. The summed E-state index contributed by atoms with van der Waals surface area (Å²) in [6.07, 6.45) is 6.78. The summed E-state index contributed by atoms with van der Waals surface area (Å²) < 4.78 is 0. The van der Waals surface area contributed by atoms with Crippen molar-refractivity contribution in [2.24, 2.45) is 11.7 Å². The number of thiocarbonyl (C=S) groups is 1. The summed E-state index contributed by atoms with van der Waals surface area (Å²) in [5.41, 5.74) is 7.76. The Morgan fingerprint density at radius 3 is 2.68 bits per heavy atom. The first kappa shape index (κ1) is 14.6. The SMILES string of the molecule is CN(CC1CCCCC1)c1ccc(Cl)cc1C(N)=S. The maximum atomic E-state index is 6.02. The van der Waals surface area contributed by atoms with Gasteiger partial charge in [-0.2, -0.15) is 0 Å². The van der Waals surface area contributed by atoms with Gasteiger partial charge in [0.25, 0.3) is 0 Å². The van der Waals surface area contributed by atoms with Crippen molar-refractivity contribution in [3.63, 3.8) is 0 Å². The number of hydrogen-bond donors (Lipinski definition) is 1. The normalized spacial score (nSPS) is 16.3. The lowest BCUT2D eigenvalue weighted by Gasteiger charge is -2.29. The molecular formula is C15H21ClN2S. The van der Waals surface area contributed by atoms with Crippen LogP contribution in [0.15, 0.2) is 18.2 Å². The van der Waals surface area contributed by atoms with Gasteiger partial charge >= 0.3 is 0 Å². The van der Waals surface area contributed by atoms with E-state index in [4.69, 9.17) is 29.6 Å². The van der Waals surface area contributed by atoms with E-state index in [-0.39, 0.29) is 0 Å². The highest BCUT2D eigenvalue weighted by atomic mass is 35.5. The topological polar surface area (TPSA) is 29.3 Å². The highest BCUT2D eigenvalue weighted by molar-refractivity contribution is 7.80. The molecule has 0 saturated heterocycles. The Hall–Kier alpha value is -0.800. The number of benzene rings is 1. The van der Waals surface area contributed by atoms with Gasteiger partial charge in [0.1, 0.15) is 4.99 Å². The monoisotopic (exact) mass is 296 g/mol. The van der Waals surface area contributed by atoms with Crippen LogP contribution < -0.4 is 10.6 Å². The van der Waals surface area contributed by atoms with E-state index in [2.05, 4.69) is 11.9 Å². The fourth-order valence-corrected chi connectivity index (χ4v) is 3.23. The van der Waals surface area contributed by atoms with Gasteiger partial charge in [-0.1, -0.05) is 43.1 Å². The third-order valence-corrected chi connectivity index (χ3v) is 4.35. The Bertz CT molecular complexity index is 455. The molecule has 1 saturated carbocycles. The van der Waals surface area contributed by atoms with Crippen molar-refractivity contribution in [1.29, 1.82) is 0 Å². The molecule has 2 nitrogen and oxygen atoms in total. The first-order valence-corrected chi connectivity index (χ1v) is 7.67. The van der Waals surface area contributed by atoms with Gasteiger partial charge in [0.15, 0.2) is 0 Å². The molecule has 1 aromatic carbocycles. The number of rotatable bonds is 4. The van der Waals surface area contributed by atoms with Crippen molar-refractivity contribution in [2.45, 2.75) is 32.1 Å². The molecule has 1 aliphatic rings. The van der Waals surface area contributed by atoms with Crippen LogP contribution in [0.3, 0.4) is 0 Å². The predicted octanol–water partition coefficient (Wildman–Crippen LogP) is 3.99. The van der Waals surface area contributed by atoms with Crippen LogP contribution >= 0.6 is 23.8 Å². The summed E-state index contributed by atoms with van der Waals surface area (Å²) >= 11 is 11.1. The molecule has 1 aliphatic carbocycles. The van der Waals surface area contributed by atoms with Crippen LogP contribution in [0.5, 0.6) is 0 Å². The molecule has 0 bridgehead atoms. The molecule has 19 heavy (non-hydrogen) atoms. The van der Waals surface area contributed by atoms with Gasteiger partial charge in [-0.3, -0.25) is 0 Å². The lowest BCUT2D eigenvalue weighted by atomic mass is 9.89. The van der Waals surface area contributed by atoms with Gasteiger partial charge in [-0.05, 0) is 37.0 Å². The number of anilines is 1. The smallest absolute Gasteiger partial charge is 0.106 e. The molecule has 0 amide bonds. The Balaban J connectivity index is 2.13. The van der Waals surface area contributed by atoms with Crippen molar-refractivity contribution >= 4 is 34.5 Å². The number of nitrogens with zero attached hydrogens (tertiary/aromatic N) is 1. The second kappa shape index (κ2) is 6.58. The van der Waals surface area contributed by atoms with E-state index in [1.165, 1.54) is 32.1 Å². The van der Waals surface area contributed by atoms with E-state index in [9.17, 15) is 0 Å². The lowest BCUT2D eigenvalue weighted by molar-refractivity contribution is 0.362. The average molecular weight is 297 g/mol. The van der Waals surface area contributed by atoms with E-state index in [1.807, 2.05) is 18.2 Å². The Labute approximate surface area is 125 Å². The second-order valence-corrected chi connectivity index (χ2v) is 6.29. The van der Waals surface area contributed by atoms with Crippen LogP contribution in [0.2, 0.25) is 5.02 Å². The minimum Gasteiger partial charge on any atom is -0.389 e. The summed E-state index contributed by atoms with van der Waals surface area (Å²) in [5, 5.41) is 0.678. The third-order valence-electron chi connectivity index (χ3n) is 3.89. The van der Waals surface area contributed by atoms with E-state index < -0.39 is 0 Å². The number of halogens is 1. The summed E-state index contributed by atoms with van der Waals surface area (Å²) in [6.45, 7) is 1.07. The van der Waals surface area contributed by atoms with Gasteiger partial charge in [-0.15, -0.1) is 0 Å². The zero-order valence-electron chi connectivity index (χ0n) is 11.4. The minimum atomic E-state index is 0.410. The quantitative estimate of drug-likeness (QED) is 0.852. The molecule has 4 heteroatoms. The average Bonchev–Trinajstić information content (AvgIpc) is 2.39. The van der Waals surface area contributed by atoms with E-state index in [0.717, 1.165) is 23.7 Å². The Kier molecular flexibility index (Phi) is 5.06. The van der Waals surface area contributed by atoms with Crippen LogP contribution in [0.1, 0.15) is 37.7 Å². The van der Waals surface area contributed by atoms with Crippen LogP contribution in [-0.4, -0.2) is 18.6 Å². The predicted molar refractivity (Wildman–Crippen MR) is 87.2 cm³/mol. The molecule has 0 heterocycles. The van der Waals surface area contributed by atoms with Crippen molar-refractivity contribution in [1.82, 2.24) is 0 Å². The van der Waals surface area contributed by atoms with Crippen LogP contribution in [-0.2, 0) is 0 Å². The van der Waals surface area contributed by atoms with Gasteiger partial charge in [0.2, 0.25) is 0 Å². The van der Waals surface area contributed by atoms with Gasteiger partial charge in [-0.25, -0.2) is 0 Å². The zero-order chi connectivity index (χ0) is 13.8. The van der Waals surface area contributed by atoms with Crippen LogP contribution in [0.25, 0.3) is 0 Å². The highest BCUT2D eigenvalue weighted by Crippen LogP contribution is 2.28. The molecule has 1 aromatic rings. The second-order valence-electron chi connectivity index (χ2n) is 5.41. The van der Waals surface area contributed by atoms with Crippen molar-refractivity contribution in [2.75, 3.05) is 18.5 Å². The Morgan fingerprint density at radius 2 is 2.05 bits per heavy atom. The molecule has 1 fully saturated rings. The van der Waals surface area contributed by atoms with E-state index >= 15 is 0 Å². The zero-order valence-corrected chi connectivity index (χ0v) is 12.9. The summed E-state index contributed by atoms with van der Waals surface area (Å²) in [6, 6.07) is 5.77. The standard InChI is InChI=1S/C15H21ClN2S/c1-18(10-11-5-3-2-4-6-11)14-8-7-12(16)9-13(14)15(17)19/h7-9,11H,2-6,10H2,1H3,(H2,17,19). The van der Waals surface area contributed by atoms with E-state index in [1.54, 1.807) is 0 Å². The summed E-state index contributed by atoms with van der Waals surface area (Å²) in [5.74, 6) is 0.786.